The van der Waals surface area contributed by atoms with E-state index in [9.17, 15) is 9.90 Å². The van der Waals surface area contributed by atoms with Gasteiger partial charge in [0.1, 0.15) is 0 Å². The number of aliphatic hydroxyl groups is 1. The Morgan fingerprint density at radius 3 is 2.84 bits per heavy atom. The summed E-state index contributed by atoms with van der Waals surface area (Å²) in [6.07, 6.45) is -0.185. The van der Waals surface area contributed by atoms with Crippen LogP contribution >= 0.6 is 0 Å². The zero-order valence-corrected chi connectivity index (χ0v) is 11.2. The van der Waals surface area contributed by atoms with Crippen LogP contribution in [0.4, 0.5) is 5.69 Å². The zero-order chi connectivity index (χ0) is 14.0. The number of hydrogen-bond donors (Lipinski definition) is 2. The fourth-order valence-electron chi connectivity index (χ4n) is 2.37. The summed E-state index contributed by atoms with van der Waals surface area (Å²) in [5.41, 5.74) is 2.21. The van der Waals surface area contributed by atoms with Crippen molar-refractivity contribution in [2.75, 3.05) is 24.7 Å². The van der Waals surface area contributed by atoms with E-state index >= 15 is 0 Å². The summed E-state index contributed by atoms with van der Waals surface area (Å²) in [5.74, 6) is -0.919. The fraction of sp³-hybridized carbons (Fsp3) is 0.500. The molecule has 1 aromatic rings. The highest BCUT2D eigenvalue weighted by atomic mass is 16.5. The molecule has 0 amide bonds. The number of morpholine rings is 1. The Bertz CT molecular complexity index is 475. The van der Waals surface area contributed by atoms with E-state index < -0.39 is 5.97 Å². The van der Waals surface area contributed by atoms with Crippen LogP contribution in [0, 0.1) is 6.92 Å². The maximum absolute atomic E-state index is 10.9. The first-order valence-corrected chi connectivity index (χ1v) is 6.36. The molecule has 1 aliphatic rings. The fourth-order valence-corrected chi connectivity index (χ4v) is 2.37. The molecule has 2 atom stereocenters. The summed E-state index contributed by atoms with van der Waals surface area (Å²) in [5, 5.41) is 18.2. The van der Waals surface area contributed by atoms with E-state index in [0.717, 1.165) is 11.3 Å². The van der Waals surface area contributed by atoms with Crippen molar-refractivity contribution in [1.82, 2.24) is 0 Å². The molecule has 5 nitrogen and oxygen atoms in total. The molecule has 19 heavy (non-hydrogen) atoms. The highest BCUT2D eigenvalue weighted by molar-refractivity contribution is 5.88. The molecule has 0 saturated carbocycles. The molecular formula is C14H19NO4. The summed E-state index contributed by atoms with van der Waals surface area (Å²) in [6, 6.07) is 5.32. The van der Waals surface area contributed by atoms with E-state index in [1.165, 1.54) is 0 Å². The smallest absolute Gasteiger partial charge is 0.335 e. The number of benzene rings is 1. The van der Waals surface area contributed by atoms with E-state index in [1.54, 1.807) is 12.1 Å². The van der Waals surface area contributed by atoms with Crippen molar-refractivity contribution in [3.8, 4) is 0 Å². The van der Waals surface area contributed by atoms with Crippen LogP contribution in [0.1, 0.15) is 22.8 Å². The largest absolute Gasteiger partial charge is 0.478 e. The lowest BCUT2D eigenvalue weighted by molar-refractivity contribution is -0.0103. The van der Waals surface area contributed by atoms with Crippen molar-refractivity contribution >= 4 is 11.7 Å². The van der Waals surface area contributed by atoms with Gasteiger partial charge in [-0.2, -0.15) is 0 Å². The van der Waals surface area contributed by atoms with Gasteiger partial charge in [-0.1, -0.05) is 0 Å². The summed E-state index contributed by atoms with van der Waals surface area (Å²) < 4.78 is 5.51. The van der Waals surface area contributed by atoms with E-state index in [2.05, 4.69) is 11.8 Å². The molecule has 2 unspecified atom stereocenters. The zero-order valence-electron chi connectivity index (χ0n) is 11.2. The van der Waals surface area contributed by atoms with Crippen LogP contribution in [-0.4, -0.2) is 48.1 Å². The topological polar surface area (TPSA) is 70.0 Å². The predicted octanol–water partition coefficient (Wildman–Crippen LogP) is 1.28. The van der Waals surface area contributed by atoms with Gasteiger partial charge < -0.3 is 19.8 Å². The third-order valence-electron chi connectivity index (χ3n) is 3.46. The van der Waals surface area contributed by atoms with E-state index in [4.69, 9.17) is 9.84 Å². The third kappa shape index (κ3) is 2.88. The van der Waals surface area contributed by atoms with Crippen molar-refractivity contribution in [2.45, 2.75) is 26.0 Å². The number of carboxylic acid groups (broad SMARTS) is 1. The van der Waals surface area contributed by atoms with Gasteiger partial charge in [-0.15, -0.1) is 0 Å². The second kappa shape index (κ2) is 5.59. The lowest BCUT2D eigenvalue weighted by Crippen LogP contribution is -2.49. The normalized spacial score (nSPS) is 23.4. The standard InChI is InChI=1S/C14H19NO4/c1-9-5-11(14(17)18)3-4-13(9)15-6-12(7-16)19-8-10(15)2/h3-5,10,12,16H,6-8H2,1-2H3,(H,17,18). The number of carbonyl (C=O) groups is 1. The molecule has 2 N–H and O–H groups in total. The number of anilines is 1. The van der Waals surface area contributed by atoms with Crippen molar-refractivity contribution in [3.63, 3.8) is 0 Å². The van der Waals surface area contributed by atoms with Gasteiger partial charge >= 0.3 is 5.97 Å². The molecule has 0 aromatic heterocycles. The molecule has 0 radical (unpaired) electrons. The molecule has 1 fully saturated rings. The van der Waals surface area contributed by atoms with Crippen molar-refractivity contribution in [1.29, 1.82) is 0 Å². The Balaban J connectivity index is 2.27. The number of aromatic carboxylic acids is 1. The first kappa shape index (κ1) is 13.8. The summed E-state index contributed by atoms with van der Waals surface area (Å²) in [4.78, 5) is 13.1. The highest BCUT2D eigenvalue weighted by Gasteiger charge is 2.26. The van der Waals surface area contributed by atoms with Gasteiger partial charge in [0.25, 0.3) is 0 Å². The molecule has 1 aromatic carbocycles. The number of hydrogen-bond acceptors (Lipinski definition) is 4. The third-order valence-corrected chi connectivity index (χ3v) is 3.46. The monoisotopic (exact) mass is 265 g/mol. The summed E-state index contributed by atoms with van der Waals surface area (Å²) >= 11 is 0. The van der Waals surface area contributed by atoms with Gasteiger partial charge in [0, 0.05) is 18.3 Å². The highest BCUT2D eigenvalue weighted by Crippen LogP contribution is 2.26. The van der Waals surface area contributed by atoms with Gasteiger partial charge in [0.05, 0.1) is 24.9 Å². The molecule has 1 saturated heterocycles. The number of aryl methyl sites for hydroxylation is 1. The van der Waals surface area contributed by atoms with Gasteiger partial charge in [0.2, 0.25) is 0 Å². The lowest BCUT2D eigenvalue weighted by Gasteiger charge is -2.39. The molecule has 0 bridgehead atoms. The minimum Gasteiger partial charge on any atom is -0.478 e. The predicted molar refractivity (Wildman–Crippen MR) is 71.8 cm³/mol. The second-order valence-electron chi connectivity index (χ2n) is 4.95. The molecule has 0 spiro atoms. The number of carboxylic acids is 1. The summed E-state index contributed by atoms with van der Waals surface area (Å²) in [7, 11) is 0. The Kier molecular flexibility index (Phi) is 4.07. The molecule has 1 aliphatic heterocycles. The van der Waals surface area contributed by atoms with Crippen LogP contribution < -0.4 is 4.90 Å². The number of aliphatic hydroxyl groups excluding tert-OH is 1. The van der Waals surface area contributed by atoms with Crippen molar-refractivity contribution in [3.05, 3.63) is 29.3 Å². The Morgan fingerprint density at radius 2 is 2.26 bits per heavy atom. The number of nitrogens with zero attached hydrogens (tertiary/aromatic N) is 1. The van der Waals surface area contributed by atoms with E-state index in [0.29, 0.717) is 18.7 Å². The molecule has 5 heteroatoms. The molecular weight excluding hydrogens is 246 g/mol. The first-order chi connectivity index (χ1) is 9.02. The first-order valence-electron chi connectivity index (χ1n) is 6.36. The van der Waals surface area contributed by atoms with Gasteiger partial charge in [-0.25, -0.2) is 4.79 Å². The van der Waals surface area contributed by atoms with Crippen molar-refractivity contribution < 1.29 is 19.7 Å². The number of ether oxygens (including phenoxy) is 1. The molecule has 104 valence electrons. The second-order valence-corrected chi connectivity index (χ2v) is 4.95. The quantitative estimate of drug-likeness (QED) is 0.861. The lowest BCUT2D eigenvalue weighted by atomic mass is 10.1. The Labute approximate surface area is 112 Å². The number of rotatable bonds is 3. The van der Waals surface area contributed by atoms with E-state index in [1.807, 2.05) is 13.0 Å². The van der Waals surface area contributed by atoms with Crippen LogP contribution in [0.15, 0.2) is 18.2 Å². The van der Waals surface area contributed by atoms with Crippen molar-refractivity contribution in [2.24, 2.45) is 0 Å². The van der Waals surface area contributed by atoms with E-state index in [-0.39, 0.29) is 18.8 Å². The van der Waals surface area contributed by atoms with Gasteiger partial charge in [-0.05, 0) is 37.6 Å². The van der Waals surface area contributed by atoms with Crippen LogP contribution in [0.2, 0.25) is 0 Å². The Hall–Kier alpha value is -1.59. The van der Waals surface area contributed by atoms with Crippen LogP contribution in [0.5, 0.6) is 0 Å². The van der Waals surface area contributed by atoms with Crippen LogP contribution in [0.3, 0.4) is 0 Å². The average Bonchev–Trinajstić information content (AvgIpc) is 2.39. The van der Waals surface area contributed by atoms with Crippen LogP contribution in [-0.2, 0) is 4.74 Å². The average molecular weight is 265 g/mol. The van der Waals surface area contributed by atoms with Gasteiger partial charge in [-0.3, -0.25) is 0 Å². The SMILES string of the molecule is Cc1cc(C(=O)O)ccc1N1CC(CO)OCC1C. The molecule has 2 rings (SSSR count). The Morgan fingerprint density at radius 1 is 1.53 bits per heavy atom. The minimum absolute atomic E-state index is 0.00449. The van der Waals surface area contributed by atoms with Gasteiger partial charge in [0.15, 0.2) is 0 Å². The van der Waals surface area contributed by atoms with Crippen LogP contribution in [0.25, 0.3) is 0 Å². The maximum Gasteiger partial charge on any atom is 0.335 e. The minimum atomic E-state index is -0.919. The maximum atomic E-state index is 10.9. The summed E-state index contributed by atoms with van der Waals surface area (Å²) in [6.45, 7) is 5.13. The molecule has 1 heterocycles. The molecule has 0 aliphatic carbocycles.